The molecular formula is C28H36BrN3O5S. The van der Waals surface area contributed by atoms with Crippen molar-refractivity contribution in [2.24, 2.45) is 11.8 Å². The van der Waals surface area contributed by atoms with Crippen molar-refractivity contribution in [3.8, 4) is 0 Å². The van der Waals surface area contributed by atoms with E-state index in [1.54, 1.807) is 22.7 Å². The highest BCUT2D eigenvalue weighted by Gasteiger charge is 2.76. The average molecular weight is 607 g/mol. The Hall–Kier alpha value is -2.30. The average Bonchev–Trinajstić information content (AvgIpc) is 3.50. The van der Waals surface area contributed by atoms with Gasteiger partial charge in [-0.25, -0.2) is 0 Å². The molecule has 0 aliphatic carbocycles. The van der Waals surface area contributed by atoms with E-state index in [-0.39, 0.29) is 48.2 Å². The summed E-state index contributed by atoms with van der Waals surface area (Å²) in [5.74, 6) is -2.33. The molecule has 1 aromatic rings. The summed E-state index contributed by atoms with van der Waals surface area (Å²) >= 11 is 5.28. The third kappa shape index (κ3) is 4.69. The van der Waals surface area contributed by atoms with Crippen LogP contribution in [0.25, 0.3) is 0 Å². The van der Waals surface area contributed by atoms with E-state index in [9.17, 15) is 19.5 Å². The maximum atomic E-state index is 14.4. The van der Waals surface area contributed by atoms with Gasteiger partial charge in [-0.1, -0.05) is 34.7 Å². The highest BCUT2D eigenvalue weighted by Crippen LogP contribution is 2.68. The number of nitrogens with zero attached hydrogens (tertiary/aromatic N) is 3. The summed E-state index contributed by atoms with van der Waals surface area (Å²) in [6.45, 7) is 13.5. The Morgan fingerprint density at radius 1 is 1.21 bits per heavy atom. The fourth-order valence-electron chi connectivity index (χ4n) is 6.30. The van der Waals surface area contributed by atoms with Crippen LogP contribution in [-0.4, -0.2) is 88.0 Å². The molecule has 3 fully saturated rings. The lowest BCUT2D eigenvalue weighted by molar-refractivity contribution is -0.153. The largest absolute Gasteiger partial charge is 0.461 e. The summed E-state index contributed by atoms with van der Waals surface area (Å²) in [6, 6.07) is 6.99. The number of amides is 2. The number of carbonyl (C=O) groups is 3. The van der Waals surface area contributed by atoms with E-state index in [0.29, 0.717) is 12.1 Å². The number of benzene rings is 1. The number of esters is 1. The lowest BCUT2D eigenvalue weighted by Gasteiger charge is -2.37. The van der Waals surface area contributed by atoms with Gasteiger partial charge >= 0.3 is 5.97 Å². The van der Waals surface area contributed by atoms with E-state index in [1.807, 2.05) is 24.3 Å². The van der Waals surface area contributed by atoms with Gasteiger partial charge in [-0.15, -0.1) is 18.3 Å². The van der Waals surface area contributed by atoms with Crippen molar-refractivity contribution in [1.29, 1.82) is 0 Å². The van der Waals surface area contributed by atoms with Gasteiger partial charge in [0.2, 0.25) is 5.91 Å². The van der Waals surface area contributed by atoms with E-state index >= 15 is 0 Å². The minimum atomic E-state index is -0.832. The summed E-state index contributed by atoms with van der Waals surface area (Å²) < 4.78 is 4.60. The monoisotopic (exact) mass is 605 g/mol. The van der Waals surface area contributed by atoms with Crippen molar-refractivity contribution < 1.29 is 24.2 Å². The number of alkyl halides is 1. The van der Waals surface area contributed by atoms with Crippen LogP contribution >= 0.6 is 27.7 Å². The molecule has 1 aromatic carbocycles. The van der Waals surface area contributed by atoms with Crippen LogP contribution in [-0.2, 0) is 19.1 Å². The van der Waals surface area contributed by atoms with Crippen molar-refractivity contribution in [2.45, 2.75) is 41.1 Å². The van der Waals surface area contributed by atoms with Crippen molar-refractivity contribution in [3.63, 3.8) is 0 Å². The predicted molar refractivity (Wildman–Crippen MR) is 155 cm³/mol. The van der Waals surface area contributed by atoms with Gasteiger partial charge < -0.3 is 24.5 Å². The second-order valence-corrected chi connectivity index (χ2v) is 12.5. The smallest absolute Gasteiger partial charge is 0.311 e. The third-order valence-corrected chi connectivity index (χ3v) is 11.1. The number of β-amino-alcohol motifs (C(OH)–C–C–N with tert-alkyl or cyclic N) is 1. The molecule has 1 spiro atoms. The van der Waals surface area contributed by atoms with Crippen molar-refractivity contribution in [2.75, 3.05) is 49.2 Å². The Labute approximate surface area is 237 Å². The molecule has 3 unspecified atom stereocenters. The van der Waals surface area contributed by atoms with E-state index in [0.717, 1.165) is 18.8 Å². The van der Waals surface area contributed by atoms with Gasteiger partial charge in [-0.05, 0) is 44.5 Å². The number of aliphatic hydroxyl groups is 1. The van der Waals surface area contributed by atoms with Gasteiger partial charge in [0.05, 0.1) is 23.2 Å². The van der Waals surface area contributed by atoms with Gasteiger partial charge in [0, 0.05) is 47.6 Å². The molecule has 6 atom stereocenters. The highest BCUT2D eigenvalue weighted by molar-refractivity contribution is 9.09. The van der Waals surface area contributed by atoms with Crippen molar-refractivity contribution in [3.05, 3.63) is 49.6 Å². The number of likely N-dealkylation sites (tertiary alicyclic amines) is 1. The highest BCUT2D eigenvalue weighted by atomic mass is 79.9. The van der Waals surface area contributed by atoms with Gasteiger partial charge in [-0.2, -0.15) is 0 Å². The van der Waals surface area contributed by atoms with E-state index in [1.165, 1.54) is 11.0 Å². The normalized spacial score (nSPS) is 29.2. The second kappa shape index (κ2) is 11.8. The molecule has 206 valence electrons. The molecule has 2 bridgehead atoms. The number of rotatable bonds is 12. The van der Waals surface area contributed by atoms with Crippen LogP contribution in [0.4, 0.5) is 11.4 Å². The van der Waals surface area contributed by atoms with Crippen LogP contribution in [0.1, 0.15) is 20.3 Å². The molecule has 3 aliphatic rings. The number of hydrogen-bond donors (Lipinski definition) is 1. The first-order valence-corrected chi connectivity index (χ1v) is 14.9. The van der Waals surface area contributed by atoms with Crippen LogP contribution in [0.2, 0.25) is 0 Å². The second-order valence-electron chi connectivity index (χ2n) is 9.76. The summed E-state index contributed by atoms with van der Waals surface area (Å²) in [5, 5.41) is 9.66. The number of anilines is 2. The first-order chi connectivity index (χ1) is 18.3. The minimum absolute atomic E-state index is 0.0168. The fourth-order valence-corrected chi connectivity index (χ4v) is 9.89. The summed E-state index contributed by atoms with van der Waals surface area (Å²) in [4.78, 5) is 46.7. The SMILES string of the molecule is C=CCOC(=O)[C@H]1[C@H]2C(=O)N(CCO)C(C(=O)N(CC=C)c3ccc(N(CC)CC)cc3)C23CC(Br)[C@@H]1S3. The van der Waals surface area contributed by atoms with Gasteiger partial charge in [0.15, 0.2) is 0 Å². The molecular weight excluding hydrogens is 570 g/mol. The molecule has 0 saturated carbocycles. The maximum Gasteiger partial charge on any atom is 0.311 e. The molecule has 0 aromatic heterocycles. The fraction of sp³-hybridized carbons (Fsp3) is 0.536. The molecule has 1 N–H and O–H groups in total. The molecule has 2 amide bonds. The van der Waals surface area contributed by atoms with Crippen LogP contribution in [0.3, 0.4) is 0 Å². The number of ether oxygens (including phenoxy) is 1. The number of halogens is 1. The first kappa shape index (κ1) is 28.7. The summed E-state index contributed by atoms with van der Waals surface area (Å²) in [6.07, 6.45) is 3.73. The quantitative estimate of drug-likeness (QED) is 0.222. The maximum absolute atomic E-state index is 14.4. The van der Waals surface area contributed by atoms with Crippen LogP contribution in [0, 0.1) is 11.8 Å². The van der Waals surface area contributed by atoms with Gasteiger partial charge in [0.25, 0.3) is 5.91 Å². The molecule has 3 aliphatic heterocycles. The molecule has 4 rings (SSSR count). The molecule has 3 heterocycles. The molecule has 38 heavy (non-hydrogen) atoms. The Morgan fingerprint density at radius 3 is 2.45 bits per heavy atom. The minimum Gasteiger partial charge on any atom is -0.461 e. The molecule has 8 nitrogen and oxygen atoms in total. The molecule has 10 heteroatoms. The lowest BCUT2D eigenvalue weighted by Crippen LogP contribution is -2.56. The van der Waals surface area contributed by atoms with Crippen LogP contribution in [0.5, 0.6) is 0 Å². The number of aliphatic hydroxyl groups excluding tert-OH is 1. The van der Waals surface area contributed by atoms with Gasteiger partial charge in [0.1, 0.15) is 12.6 Å². The van der Waals surface area contributed by atoms with E-state index in [4.69, 9.17) is 4.74 Å². The third-order valence-electron chi connectivity index (χ3n) is 7.85. The standard InChI is InChI=1S/C28H36BrN3O5S/c1-5-13-31(19-11-9-18(10-12-19)30(7-3)8-4)26(35)24-28-17-20(29)23(38-28)21(27(36)37-16-6-2)22(28)25(34)32(24)14-15-33/h5-6,9-12,20-24,33H,1-2,7-8,13-17H2,3-4H3/t20?,21-,22-,23-,24?,28?/m0/s1. The number of hydrogen-bond acceptors (Lipinski definition) is 7. The molecule has 3 saturated heterocycles. The first-order valence-electron chi connectivity index (χ1n) is 13.1. The predicted octanol–water partition coefficient (Wildman–Crippen LogP) is 3.24. The van der Waals surface area contributed by atoms with Crippen molar-refractivity contribution >= 4 is 56.9 Å². The van der Waals surface area contributed by atoms with Crippen LogP contribution < -0.4 is 9.80 Å². The number of carbonyl (C=O) groups excluding carboxylic acids is 3. The Morgan fingerprint density at radius 2 is 1.87 bits per heavy atom. The number of fused-ring (bicyclic) bond motifs is 1. The zero-order valence-electron chi connectivity index (χ0n) is 21.9. The zero-order valence-corrected chi connectivity index (χ0v) is 24.3. The summed E-state index contributed by atoms with van der Waals surface area (Å²) in [5.41, 5.74) is 1.77. The topological polar surface area (TPSA) is 90.4 Å². The Balaban J connectivity index is 1.72. The zero-order chi connectivity index (χ0) is 27.6. The Bertz CT molecular complexity index is 1080. The Kier molecular flexibility index (Phi) is 8.94. The van der Waals surface area contributed by atoms with E-state index < -0.39 is 28.6 Å². The van der Waals surface area contributed by atoms with E-state index in [2.05, 4.69) is 47.8 Å². The van der Waals surface area contributed by atoms with Crippen LogP contribution in [0.15, 0.2) is 49.6 Å². The number of thioether (sulfide) groups is 1. The lowest BCUT2D eigenvalue weighted by atomic mass is 9.71. The van der Waals surface area contributed by atoms with Crippen molar-refractivity contribution in [1.82, 2.24) is 4.90 Å². The van der Waals surface area contributed by atoms with Gasteiger partial charge in [-0.3, -0.25) is 14.4 Å². The molecule has 0 radical (unpaired) electrons. The summed E-state index contributed by atoms with van der Waals surface area (Å²) in [7, 11) is 0.